The van der Waals surface area contributed by atoms with E-state index in [0.717, 1.165) is 12.0 Å². The first-order valence-electron chi connectivity index (χ1n) is 9.16. The maximum atomic E-state index is 14.2. The van der Waals surface area contributed by atoms with Gasteiger partial charge in [-0.15, -0.1) is 15.3 Å². The minimum atomic E-state index is -0.373. The molecule has 2 aromatic heterocycles. The summed E-state index contributed by atoms with van der Waals surface area (Å²) in [7, 11) is 0. The van der Waals surface area contributed by atoms with E-state index < -0.39 is 0 Å². The molecule has 0 saturated carbocycles. The highest BCUT2D eigenvalue weighted by Gasteiger charge is 2.16. The standard InChI is InChI=1S/C21H20FN5O/c22-17-10-5-4-9-16(17)21-25-24-20-13-12-19(26-27(20)21)23-18(11-6-14-28)15-7-2-1-3-8-15/h1-5,7-10,12-13,18,28H,6,11,14H2,(H,23,26). The Labute approximate surface area is 161 Å². The van der Waals surface area contributed by atoms with Crippen LogP contribution in [0.1, 0.15) is 24.4 Å². The van der Waals surface area contributed by atoms with Crippen molar-refractivity contribution in [3.05, 3.63) is 78.1 Å². The van der Waals surface area contributed by atoms with Gasteiger partial charge in [0.2, 0.25) is 0 Å². The van der Waals surface area contributed by atoms with Crippen LogP contribution in [0.5, 0.6) is 0 Å². The summed E-state index contributed by atoms with van der Waals surface area (Å²) in [4.78, 5) is 0. The minimum absolute atomic E-state index is 0.00769. The molecular formula is C21H20FN5O. The van der Waals surface area contributed by atoms with Crippen molar-refractivity contribution < 1.29 is 9.50 Å². The number of halogens is 1. The Morgan fingerprint density at radius 3 is 2.54 bits per heavy atom. The average Bonchev–Trinajstić information content (AvgIpc) is 3.15. The third-order valence-corrected chi connectivity index (χ3v) is 4.55. The van der Waals surface area contributed by atoms with E-state index in [2.05, 4.69) is 20.6 Å². The predicted molar refractivity (Wildman–Crippen MR) is 105 cm³/mol. The van der Waals surface area contributed by atoms with Crippen molar-refractivity contribution >= 4 is 11.5 Å². The van der Waals surface area contributed by atoms with Crippen LogP contribution in [0.4, 0.5) is 10.2 Å². The monoisotopic (exact) mass is 377 g/mol. The zero-order valence-corrected chi connectivity index (χ0v) is 15.2. The molecule has 2 N–H and O–H groups in total. The van der Waals surface area contributed by atoms with E-state index in [1.807, 2.05) is 36.4 Å². The lowest BCUT2D eigenvalue weighted by atomic mass is 10.0. The number of nitrogens with zero attached hydrogens (tertiary/aromatic N) is 4. The minimum Gasteiger partial charge on any atom is -0.396 e. The van der Waals surface area contributed by atoms with E-state index in [9.17, 15) is 9.50 Å². The summed E-state index contributed by atoms with van der Waals surface area (Å²) in [6, 6.07) is 20.0. The molecule has 142 valence electrons. The van der Waals surface area contributed by atoms with Crippen LogP contribution in [-0.2, 0) is 0 Å². The summed E-state index contributed by atoms with van der Waals surface area (Å²) in [5, 5.41) is 25.4. The van der Waals surface area contributed by atoms with E-state index in [-0.39, 0.29) is 18.5 Å². The number of fused-ring (bicyclic) bond motifs is 1. The van der Waals surface area contributed by atoms with E-state index in [1.165, 1.54) is 10.6 Å². The van der Waals surface area contributed by atoms with Crippen LogP contribution in [0.25, 0.3) is 17.0 Å². The first-order valence-corrected chi connectivity index (χ1v) is 9.16. The fourth-order valence-corrected chi connectivity index (χ4v) is 3.16. The second kappa shape index (κ2) is 8.14. The van der Waals surface area contributed by atoms with Crippen molar-refractivity contribution in [1.82, 2.24) is 19.8 Å². The summed E-state index contributed by atoms with van der Waals surface area (Å²) in [5.41, 5.74) is 1.99. The summed E-state index contributed by atoms with van der Waals surface area (Å²) in [6.07, 6.45) is 1.42. The van der Waals surface area contributed by atoms with Crippen LogP contribution in [0.15, 0.2) is 66.7 Å². The third kappa shape index (κ3) is 3.70. The van der Waals surface area contributed by atoms with Gasteiger partial charge in [-0.05, 0) is 42.7 Å². The number of hydrogen-bond acceptors (Lipinski definition) is 5. The third-order valence-electron chi connectivity index (χ3n) is 4.55. The molecular weight excluding hydrogens is 357 g/mol. The lowest BCUT2D eigenvalue weighted by Crippen LogP contribution is -2.13. The lowest BCUT2D eigenvalue weighted by molar-refractivity contribution is 0.281. The Hall–Kier alpha value is -3.32. The largest absolute Gasteiger partial charge is 0.396 e. The maximum Gasteiger partial charge on any atom is 0.188 e. The summed E-state index contributed by atoms with van der Waals surface area (Å²) < 4.78 is 15.7. The number of anilines is 1. The molecule has 1 atom stereocenters. The number of benzene rings is 2. The zero-order valence-electron chi connectivity index (χ0n) is 15.2. The van der Waals surface area contributed by atoms with Crippen LogP contribution in [0.3, 0.4) is 0 Å². The van der Waals surface area contributed by atoms with Crippen LogP contribution >= 0.6 is 0 Å². The van der Waals surface area contributed by atoms with Gasteiger partial charge in [-0.1, -0.05) is 42.5 Å². The smallest absolute Gasteiger partial charge is 0.188 e. The molecule has 0 aliphatic heterocycles. The van der Waals surface area contributed by atoms with E-state index in [4.69, 9.17) is 0 Å². The summed E-state index contributed by atoms with van der Waals surface area (Å²) in [6.45, 7) is 0.125. The number of aromatic nitrogens is 4. The highest BCUT2D eigenvalue weighted by atomic mass is 19.1. The quantitative estimate of drug-likeness (QED) is 0.512. The Kier molecular flexibility index (Phi) is 5.25. The van der Waals surface area contributed by atoms with E-state index in [0.29, 0.717) is 29.3 Å². The summed E-state index contributed by atoms with van der Waals surface area (Å²) >= 11 is 0. The molecule has 7 heteroatoms. The fourth-order valence-electron chi connectivity index (χ4n) is 3.16. The Bertz CT molecular complexity index is 1070. The van der Waals surface area contributed by atoms with Gasteiger partial charge >= 0.3 is 0 Å². The van der Waals surface area contributed by atoms with Crippen LogP contribution in [-0.4, -0.2) is 31.5 Å². The first kappa shape index (κ1) is 18.1. The molecule has 0 saturated heterocycles. The highest BCUT2D eigenvalue weighted by molar-refractivity contribution is 5.60. The van der Waals surface area contributed by atoms with Crippen molar-refractivity contribution in [3.63, 3.8) is 0 Å². The molecule has 28 heavy (non-hydrogen) atoms. The lowest BCUT2D eigenvalue weighted by Gasteiger charge is -2.19. The van der Waals surface area contributed by atoms with E-state index in [1.54, 1.807) is 24.3 Å². The van der Waals surface area contributed by atoms with Crippen molar-refractivity contribution in [2.24, 2.45) is 0 Å². The van der Waals surface area contributed by atoms with Gasteiger partial charge in [-0.3, -0.25) is 0 Å². The Balaban J connectivity index is 1.68. The highest BCUT2D eigenvalue weighted by Crippen LogP contribution is 2.25. The Morgan fingerprint density at radius 2 is 1.75 bits per heavy atom. The van der Waals surface area contributed by atoms with Crippen molar-refractivity contribution in [1.29, 1.82) is 0 Å². The topological polar surface area (TPSA) is 75.3 Å². The van der Waals surface area contributed by atoms with Crippen LogP contribution in [0.2, 0.25) is 0 Å². The fraction of sp³-hybridized carbons (Fsp3) is 0.190. The van der Waals surface area contributed by atoms with Crippen molar-refractivity contribution in [2.75, 3.05) is 11.9 Å². The first-order chi connectivity index (χ1) is 13.8. The van der Waals surface area contributed by atoms with Crippen LogP contribution in [0, 0.1) is 5.82 Å². The number of aliphatic hydroxyl groups excluding tert-OH is 1. The van der Waals surface area contributed by atoms with Gasteiger partial charge in [0.25, 0.3) is 0 Å². The molecule has 0 bridgehead atoms. The zero-order chi connectivity index (χ0) is 19.3. The number of hydrogen-bond donors (Lipinski definition) is 2. The van der Waals surface area contributed by atoms with Gasteiger partial charge in [0.1, 0.15) is 11.6 Å². The molecule has 1 unspecified atom stereocenters. The molecule has 4 aromatic rings. The van der Waals surface area contributed by atoms with Gasteiger partial charge in [0.05, 0.1) is 11.6 Å². The Morgan fingerprint density at radius 1 is 0.964 bits per heavy atom. The SMILES string of the molecule is OCCCC(Nc1ccc2nnc(-c3ccccc3F)n2n1)c1ccccc1. The van der Waals surface area contributed by atoms with Gasteiger partial charge in [-0.25, -0.2) is 4.39 Å². The molecule has 6 nitrogen and oxygen atoms in total. The molecule has 2 heterocycles. The molecule has 0 amide bonds. The molecule has 0 spiro atoms. The maximum absolute atomic E-state index is 14.2. The van der Waals surface area contributed by atoms with Gasteiger partial charge in [0, 0.05) is 6.61 Å². The molecule has 0 radical (unpaired) electrons. The molecule has 0 aliphatic rings. The second-order valence-electron chi connectivity index (χ2n) is 6.47. The molecule has 0 aliphatic carbocycles. The number of nitrogens with one attached hydrogen (secondary N) is 1. The van der Waals surface area contributed by atoms with Crippen molar-refractivity contribution in [2.45, 2.75) is 18.9 Å². The van der Waals surface area contributed by atoms with Crippen molar-refractivity contribution in [3.8, 4) is 11.4 Å². The van der Waals surface area contributed by atoms with Gasteiger partial charge < -0.3 is 10.4 Å². The second-order valence-corrected chi connectivity index (χ2v) is 6.47. The van der Waals surface area contributed by atoms with E-state index >= 15 is 0 Å². The number of rotatable bonds is 7. The normalized spacial score (nSPS) is 12.2. The molecule has 0 fully saturated rings. The van der Waals surface area contributed by atoms with Gasteiger partial charge in [-0.2, -0.15) is 4.52 Å². The summed E-state index contributed by atoms with van der Waals surface area (Å²) in [5.74, 6) is 0.599. The predicted octanol–water partition coefficient (Wildman–Crippen LogP) is 3.86. The molecule has 4 rings (SSSR count). The van der Waals surface area contributed by atoms with Crippen LogP contribution < -0.4 is 5.32 Å². The van der Waals surface area contributed by atoms with Gasteiger partial charge in [0.15, 0.2) is 11.5 Å². The average molecular weight is 377 g/mol. The number of aliphatic hydroxyl groups is 1. The molecule has 2 aromatic carbocycles.